The Bertz CT molecular complexity index is 907. The normalized spacial score (nSPS) is 23.1. The van der Waals surface area contributed by atoms with Crippen LogP contribution in [0.15, 0.2) is 15.8 Å². The molecule has 30 heavy (non-hydrogen) atoms. The number of hydrogen-bond acceptors (Lipinski definition) is 10. The third-order valence-electron chi connectivity index (χ3n) is 4.30. The zero-order chi connectivity index (χ0) is 22.4. The van der Waals surface area contributed by atoms with Gasteiger partial charge >= 0.3 is 23.6 Å². The highest BCUT2D eigenvalue weighted by Gasteiger charge is 2.51. The predicted molar refractivity (Wildman–Crippen MR) is 99.3 cm³/mol. The van der Waals surface area contributed by atoms with Gasteiger partial charge in [0, 0.05) is 27.3 Å². The first-order chi connectivity index (χ1) is 14.1. The van der Waals surface area contributed by atoms with E-state index < -0.39 is 53.7 Å². The van der Waals surface area contributed by atoms with Crippen molar-refractivity contribution in [1.82, 2.24) is 14.3 Å². The molecule has 0 bridgehead atoms. The van der Waals surface area contributed by atoms with Gasteiger partial charge in [0.2, 0.25) is 0 Å². The molecule has 0 N–H and O–H groups in total. The van der Waals surface area contributed by atoms with E-state index in [1.165, 1.54) is 6.92 Å². The van der Waals surface area contributed by atoms with Crippen molar-refractivity contribution < 1.29 is 33.3 Å². The highest BCUT2D eigenvalue weighted by atomic mass is 16.7. The van der Waals surface area contributed by atoms with Gasteiger partial charge in [0.15, 0.2) is 18.4 Å². The van der Waals surface area contributed by atoms with Crippen LogP contribution in [-0.2, 0) is 39.9 Å². The third kappa shape index (κ3) is 5.53. The molecule has 12 nitrogen and oxygen atoms in total. The van der Waals surface area contributed by atoms with Crippen molar-refractivity contribution in [1.29, 1.82) is 0 Å². The number of ether oxygens (including phenoxy) is 4. The summed E-state index contributed by atoms with van der Waals surface area (Å²) in [4.78, 5) is 59.4. The Labute approximate surface area is 171 Å². The van der Waals surface area contributed by atoms with E-state index in [4.69, 9.17) is 18.9 Å². The minimum atomic E-state index is -1.31. The number of nitrogens with zero attached hydrogens (tertiary/aromatic N) is 3. The highest BCUT2D eigenvalue weighted by molar-refractivity contribution is 5.67. The number of rotatable bonds is 8. The molecule has 0 amide bonds. The van der Waals surface area contributed by atoms with E-state index in [1.54, 1.807) is 0 Å². The molecule has 0 aliphatic carbocycles. The van der Waals surface area contributed by atoms with Crippen molar-refractivity contribution in [2.45, 2.75) is 71.6 Å². The summed E-state index contributed by atoms with van der Waals surface area (Å²) in [6.45, 7) is 5.24. The minimum absolute atomic E-state index is 0.173. The lowest BCUT2D eigenvalue weighted by molar-refractivity contribution is -0.166. The molecule has 12 heteroatoms. The van der Waals surface area contributed by atoms with Gasteiger partial charge in [0.05, 0.1) is 0 Å². The summed E-state index contributed by atoms with van der Waals surface area (Å²) in [5.74, 6) is -2.01. The summed E-state index contributed by atoms with van der Waals surface area (Å²) in [6.07, 6.45) is -2.47. The second-order valence-electron chi connectivity index (χ2n) is 6.73. The van der Waals surface area contributed by atoms with Crippen LogP contribution in [0.3, 0.4) is 0 Å². The molecule has 2 heterocycles. The molecule has 1 aromatic rings. The van der Waals surface area contributed by atoms with Crippen LogP contribution in [0.1, 0.15) is 46.8 Å². The first-order valence-electron chi connectivity index (χ1n) is 9.47. The van der Waals surface area contributed by atoms with E-state index in [0.717, 1.165) is 35.7 Å². The lowest BCUT2D eigenvalue weighted by Crippen LogP contribution is -2.46. The van der Waals surface area contributed by atoms with Gasteiger partial charge in [0.1, 0.15) is 18.9 Å². The Kier molecular flexibility index (Phi) is 7.86. The molecule has 0 spiro atoms. The summed E-state index contributed by atoms with van der Waals surface area (Å²) >= 11 is 0. The van der Waals surface area contributed by atoms with E-state index in [-0.39, 0.29) is 13.2 Å². The summed E-state index contributed by atoms with van der Waals surface area (Å²) < 4.78 is 23.1. The number of aromatic nitrogens is 3. The van der Waals surface area contributed by atoms with E-state index in [1.807, 2.05) is 6.92 Å². The van der Waals surface area contributed by atoms with E-state index in [2.05, 4.69) is 5.10 Å². The molecular weight excluding hydrogens is 402 g/mol. The Morgan fingerprint density at radius 3 is 2.27 bits per heavy atom. The maximum Gasteiger partial charge on any atom is 0.350 e. The average Bonchev–Trinajstić information content (AvgIpc) is 2.96. The van der Waals surface area contributed by atoms with E-state index in [0.29, 0.717) is 6.42 Å². The summed E-state index contributed by atoms with van der Waals surface area (Å²) in [5, 5.41) is 3.84. The summed E-state index contributed by atoms with van der Waals surface area (Å²) in [5.41, 5.74) is -1.35. The minimum Gasteiger partial charge on any atom is -0.463 e. The van der Waals surface area contributed by atoms with Gasteiger partial charge < -0.3 is 18.9 Å². The molecule has 1 aliphatic heterocycles. The molecule has 166 valence electrons. The molecule has 1 saturated heterocycles. The zero-order valence-electron chi connectivity index (χ0n) is 17.2. The fourth-order valence-corrected chi connectivity index (χ4v) is 3.03. The molecule has 0 unspecified atom stereocenters. The topological polar surface area (TPSA) is 145 Å². The Balaban J connectivity index is 2.48. The van der Waals surface area contributed by atoms with Crippen LogP contribution in [0.2, 0.25) is 0 Å². The molecule has 4 atom stereocenters. The van der Waals surface area contributed by atoms with Gasteiger partial charge in [-0.25, -0.2) is 4.79 Å². The molecule has 0 radical (unpaired) electrons. The lowest BCUT2D eigenvalue weighted by Gasteiger charge is -2.23. The first kappa shape index (κ1) is 23.3. The SMILES string of the molecule is CCCCn1c(=O)cnn([C@H]2O[C@H](COC(C)=O)[C@H](OC(C)=O)[C@H]2OC(C)=O)c1=O. The predicted octanol–water partition coefficient (Wildman–Crippen LogP) is -0.471. The van der Waals surface area contributed by atoms with Crippen LogP contribution in [0, 0.1) is 0 Å². The molecule has 1 fully saturated rings. The number of unbranched alkanes of at least 4 members (excludes halogenated alkanes) is 1. The fourth-order valence-electron chi connectivity index (χ4n) is 3.03. The van der Waals surface area contributed by atoms with Crippen molar-refractivity contribution >= 4 is 17.9 Å². The van der Waals surface area contributed by atoms with Crippen molar-refractivity contribution in [2.75, 3.05) is 6.61 Å². The maximum atomic E-state index is 12.9. The lowest BCUT2D eigenvalue weighted by atomic mass is 10.1. The fraction of sp³-hybridized carbons (Fsp3) is 0.667. The van der Waals surface area contributed by atoms with Crippen molar-refractivity contribution in [3.63, 3.8) is 0 Å². The van der Waals surface area contributed by atoms with Gasteiger partial charge in [-0.2, -0.15) is 9.78 Å². The highest BCUT2D eigenvalue weighted by Crippen LogP contribution is 2.33. The van der Waals surface area contributed by atoms with Crippen LogP contribution in [0.25, 0.3) is 0 Å². The largest absolute Gasteiger partial charge is 0.463 e. The molecule has 2 rings (SSSR count). The maximum absolute atomic E-state index is 12.9. The van der Waals surface area contributed by atoms with E-state index in [9.17, 15) is 24.0 Å². The standard InChI is InChI=1S/C18H25N3O9/c1-5-6-7-20-14(25)8-19-21(18(20)26)17-16(29-12(4)24)15(28-11(3)23)13(30-17)9-27-10(2)22/h8,13,15-17H,5-7,9H2,1-4H3/t13-,15+,16-,17+/m1/s1. The Hall–Kier alpha value is -3.02. The molecular formula is C18H25N3O9. The Morgan fingerprint density at radius 1 is 1.07 bits per heavy atom. The van der Waals surface area contributed by atoms with Crippen molar-refractivity contribution in [3.05, 3.63) is 27.0 Å². The molecule has 0 aromatic carbocycles. The quantitative estimate of drug-likeness (QED) is 0.394. The number of hydrogen-bond donors (Lipinski definition) is 0. The summed E-state index contributed by atoms with van der Waals surface area (Å²) in [6, 6.07) is 0. The van der Waals surface area contributed by atoms with Gasteiger partial charge in [0.25, 0.3) is 5.56 Å². The van der Waals surface area contributed by atoms with Gasteiger partial charge in [-0.05, 0) is 6.42 Å². The smallest absolute Gasteiger partial charge is 0.350 e. The number of carbonyl (C=O) groups excluding carboxylic acids is 3. The monoisotopic (exact) mass is 427 g/mol. The van der Waals surface area contributed by atoms with Crippen molar-refractivity contribution in [2.24, 2.45) is 0 Å². The van der Waals surface area contributed by atoms with Crippen LogP contribution in [0.4, 0.5) is 0 Å². The summed E-state index contributed by atoms with van der Waals surface area (Å²) in [7, 11) is 0. The average molecular weight is 427 g/mol. The van der Waals surface area contributed by atoms with Gasteiger partial charge in [-0.1, -0.05) is 13.3 Å². The number of esters is 3. The number of carbonyl (C=O) groups is 3. The van der Waals surface area contributed by atoms with Gasteiger partial charge in [-0.15, -0.1) is 0 Å². The van der Waals surface area contributed by atoms with Crippen molar-refractivity contribution in [3.8, 4) is 0 Å². The van der Waals surface area contributed by atoms with Crippen LogP contribution < -0.4 is 11.2 Å². The third-order valence-corrected chi connectivity index (χ3v) is 4.30. The second kappa shape index (κ2) is 10.1. The molecule has 1 aliphatic rings. The van der Waals surface area contributed by atoms with E-state index >= 15 is 0 Å². The van der Waals surface area contributed by atoms with Crippen LogP contribution >= 0.6 is 0 Å². The van der Waals surface area contributed by atoms with Crippen LogP contribution in [0.5, 0.6) is 0 Å². The molecule has 0 saturated carbocycles. The zero-order valence-corrected chi connectivity index (χ0v) is 17.2. The molecule has 1 aromatic heterocycles. The first-order valence-corrected chi connectivity index (χ1v) is 9.47. The second-order valence-corrected chi connectivity index (χ2v) is 6.73. The Morgan fingerprint density at radius 2 is 1.70 bits per heavy atom. The van der Waals surface area contributed by atoms with Gasteiger partial charge in [-0.3, -0.25) is 23.7 Å². The van der Waals surface area contributed by atoms with Crippen LogP contribution in [-0.4, -0.2) is 57.2 Å².